The fourth-order valence-corrected chi connectivity index (χ4v) is 1.44. The van der Waals surface area contributed by atoms with Gasteiger partial charge in [0.1, 0.15) is 11.6 Å². The van der Waals surface area contributed by atoms with Gasteiger partial charge in [0.05, 0.1) is 0 Å². The maximum atomic E-state index is 12.7. The maximum Gasteiger partial charge on any atom is 0.273 e. The molecule has 18 heavy (non-hydrogen) atoms. The lowest BCUT2D eigenvalue weighted by Crippen LogP contribution is -2.23. The smallest absolute Gasteiger partial charge is 0.273 e. The number of nitrogens with one attached hydrogen (secondary N) is 1. The minimum Gasteiger partial charge on any atom is -0.505 e. The van der Waals surface area contributed by atoms with Gasteiger partial charge in [-0.2, -0.15) is 0 Å². The lowest BCUT2D eigenvalue weighted by atomic mass is 10.2. The van der Waals surface area contributed by atoms with Gasteiger partial charge in [0.15, 0.2) is 5.69 Å². The minimum absolute atomic E-state index is 0.0281. The van der Waals surface area contributed by atoms with Gasteiger partial charge >= 0.3 is 0 Å². The van der Waals surface area contributed by atoms with E-state index in [4.69, 9.17) is 0 Å². The maximum absolute atomic E-state index is 12.7. The van der Waals surface area contributed by atoms with E-state index in [1.807, 2.05) is 0 Å². The van der Waals surface area contributed by atoms with Gasteiger partial charge in [-0.25, -0.2) is 9.37 Å². The summed E-state index contributed by atoms with van der Waals surface area (Å²) >= 11 is 0. The topological polar surface area (TPSA) is 62.2 Å². The van der Waals surface area contributed by atoms with Crippen LogP contribution in [0.1, 0.15) is 16.1 Å². The number of nitrogens with zero attached hydrogens (tertiary/aromatic N) is 1. The van der Waals surface area contributed by atoms with E-state index >= 15 is 0 Å². The van der Waals surface area contributed by atoms with E-state index in [1.54, 1.807) is 12.1 Å². The molecule has 1 amide bonds. The fourth-order valence-electron chi connectivity index (χ4n) is 1.44. The molecule has 0 radical (unpaired) electrons. The molecule has 0 unspecified atom stereocenters. The Labute approximate surface area is 103 Å². The van der Waals surface area contributed by atoms with Crippen molar-refractivity contribution in [2.75, 3.05) is 0 Å². The number of amides is 1. The second kappa shape index (κ2) is 5.27. The van der Waals surface area contributed by atoms with Crippen LogP contribution >= 0.6 is 0 Å². The summed E-state index contributed by atoms with van der Waals surface area (Å²) in [4.78, 5) is 15.5. The van der Waals surface area contributed by atoms with Crippen LogP contribution in [0, 0.1) is 5.82 Å². The van der Waals surface area contributed by atoms with Gasteiger partial charge in [-0.1, -0.05) is 12.1 Å². The van der Waals surface area contributed by atoms with E-state index in [0.717, 1.165) is 5.56 Å². The van der Waals surface area contributed by atoms with E-state index in [2.05, 4.69) is 10.3 Å². The third-order valence-electron chi connectivity index (χ3n) is 2.37. The Bertz CT molecular complexity index is 555. The van der Waals surface area contributed by atoms with Crippen LogP contribution in [0.5, 0.6) is 5.75 Å². The summed E-state index contributed by atoms with van der Waals surface area (Å²) in [5.41, 5.74) is 0.736. The molecule has 2 aromatic rings. The SMILES string of the molecule is O=C(NCc1ccc(F)cc1)c1ncccc1O. The molecule has 0 aliphatic heterocycles. The molecule has 0 saturated carbocycles. The summed E-state index contributed by atoms with van der Waals surface area (Å²) in [6.45, 7) is 0.245. The molecule has 0 atom stereocenters. The van der Waals surface area contributed by atoms with Gasteiger partial charge in [0, 0.05) is 12.7 Å². The number of rotatable bonds is 3. The van der Waals surface area contributed by atoms with E-state index < -0.39 is 5.91 Å². The fraction of sp³-hybridized carbons (Fsp3) is 0.0769. The first-order valence-electron chi connectivity index (χ1n) is 5.33. The first-order valence-corrected chi connectivity index (χ1v) is 5.33. The Morgan fingerprint density at radius 2 is 2.00 bits per heavy atom. The molecular weight excluding hydrogens is 235 g/mol. The van der Waals surface area contributed by atoms with Gasteiger partial charge in [0.2, 0.25) is 0 Å². The van der Waals surface area contributed by atoms with Crippen molar-refractivity contribution in [3.8, 4) is 5.75 Å². The van der Waals surface area contributed by atoms with Gasteiger partial charge < -0.3 is 10.4 Å². The largest absolute Gasteiger partial charge is 0.505 e. The molecule has 5 heteroatoms. The first-order chi connectivity index (χ1) is 8.66. The van der Waals surface area contributed by atoms with Crippen molar-refractivity contribution in [2.24, 2.45) is 0 Å². The van der Waals surface area contributed by atoms with Crippen LogP contribution in [0.3, 0.4) is 0 Å². The third-order valence-corrected chi connectivity index (χ3v) is 2.37. The van der Waals surface area contributed by atoms with Crippen molar-refractivity contribution in [3.63, 3.8) is 0 Å². The minimum atomic E-state index is -0.475. The van der Waals surface area contributed by atoms with Crippen molar-refractivity contribution < 1.29 is 14.3 Å². The molecule has 0 aliphatic rings. The van der Waals surface area contributed by atoms with E-state index in [1.165, 1.54) is 30.5 Å². The van der Waals surface area contributed by atoms with E-state index in [0.29, 0.717) is 0 Å². The second-order valence-corrected chi connectivity index (χ2v) is 3.68. The zero-order chi connectivity index (χ0) is 13.0. The molecule has 2 rings (SSSR count). The van der Waals surface area contributed by atoms with Crippen molar-refractivity contribution in [2.45, 2.75) is 6.54 Å². The quantitative estimate of drug-likeness (QED) is 0.868. The Morgan fingerprint density at radius 1 is 1.28 bits per heavy atom. The molecule has 0 fully saturated rings. The monoisotopic (exact) mass is 246 g/mol. The number of aromatic nitrogens is 1. The highest BCUT2D eigenvalue weighted by Crippen LogP contribution is 2.12. The summed E-state index contributed by atoms with van der Waals surface area (Å²) in [5, 5.41) is 12.0. The Kier molecular flexibility index (Phi) is 3.52. The number of aromatic hydroxyl groups is 1. The number of benzene rings is 1. The second-order valence-electron chi connectivity index (χ2n) is 3.68. The Balaban J connectivity index is 2.01. The van der Waals surface area contributed by atoms with Gasteiger partial charge in [-0.05, 0) is 29.8 Å². The average Bonchev–Trinajstić information content (AvgIpc) is 2.38. The molecule has 0 saturated heterocycles. The van der Waals surface area contributed by atoms with Crippen LogP contribution in [0.2, 0.25) is 0 Å². The summed E-state index contributed by atoms with van der Waals surface area (Å²) in [5.74, 6) is -0.973. The molecule has 4 nitrogen and oxygen atoms in total. The zero-order valence-corrected chi connectivity index (χ0v) is 9.43. The van der Waals surface area contributed by atoms with Crippen molar-refractivity contribution in [3.05, 3.63) is 59.7 Å². The van der Waals surface area contributed by atoms with E-state index in [-0.39, 0.29) is 23.8 Å². The number of hydrogen-bond donors (Lipinski definition) is 2. The van der Waals surface area contributed by atoms with Crippen molar-refractivity contribution >= 4 is 5.91 Å². The molecule has 1 aromatic carbocycles. The normalized spacial score (nSPS) is 10.1. The molecule has 0 spiro atoms. The highest BCUT2D eigenvalue weighted by atomic mass is 19.1. The number of carbonyl (C=O) groups excluding carboxylic acids is 1. The summed E-state index contributed by atoms with van der Waals surface area (Å²) in [6.07, 6.45) is 1.42. The summed E-state index contributed by atoms with van der Waals surface area (Å²) < 4.78 is 12.7. The summed E-state index contributed by atoms with van der Waals surface area (Å²) in [6, 6.07) is 8.72. The van der Waals surface area contributed by atoms with Crippen LogP contribution in [-0.4, -0.2) is 16.0 Å². The highest BCUT2D eigenvalue weighted by molar-refractivity contribution is 5.94. The molecule has 1 heterocycles. The van der Waals surface area contributed by atoms with E-state index in [9.17, 15) is 14.3 Å². The van der Waals surface area contributed by atoms with Crippen molar-refractivity contribution in [1.82, 2.24) is 10.3 Å². The molecule has 1 aromatic heterocycles. The van der Waals surface area contributed by atoms with Crippen LogP contribution in [0.4, 0.5) is 4.39 Å². The Hall–Kier alpha value is -2.43. The molecule has 0 bridgehead atoms. The lowest BCUT2D eigenvalue weighted by molar-refractivity contribution is 0.0943. The predicted octanol–water partition coefficient (Wildman–Crippen LogP) is 1.86. The predicted molar refractivity (Wildman–Crippen MR) is 63.5 cm³/mol. The molecule has 92 valence electrons. The molecule has 0 aliphatic carbocycles. The van der Waals surface area contributed by atoms with Crippen LogP contribution < -0.4 is 5.32 Å². The van der Waals surface area contributed by atoms with Gasteiger partial charge in [-0.3, -0.25) is 4.79 Å². The number of carbonyl (C=O) groups is 1. The molecule has 2 N–H and O–H groups in total. The van der Waals surface area contributed by atoms with Crippen LogP contribution in [-0.2, 0) is 6.54 Å². The number of pyridine rings is 1. The third kappa shape index (κ3) is 2.82. The van der Waals surface area contributed by atoms with Crippen LogP contribution in [0.15, 0.2) is 42.6 Å². The van der Waals surface area contributed by atoms with Crippen LogP contribution in [0.25, 0.3) is 0 Å². The summed E-state index contributed by atoms with van der Waals surface area (Å²) in [7, 11) is 0. The average molecular weight is 246 g/mol. The standard InChI is InChI=1S/C13H11FN2O2/c14-10-5-3-9(4-6-10)8-16-13(18)12-11(17)2-1-7-15-12/h1-7,17H,8H2,(H,16,18). The molecular formula is C13H11FN2O2. The first kappa shape index (κ1) is 12.0. The van der Waals surface area contributed by atoms with Gasteiger partial charge in [-0.15, -0.1) is 0 Å². The highest BCUT2D eigenvalue weighted by Gasteiger charge is 2.11. The zero-order valence-electron chi connectivity index (χ0n) is 9.43. The van der Waals surface area contributed by atoms with Gasteiger partial charge in [0.25, 0.3) is 5.91 Å². The Morgan fingerprint density at radius 3 is 2.67 bits per heavy atom. The lowest BCUT2D eigenvalue weighted by Gasteiger charge is -2.05. The van der Waals surface area contributed by atoms with Crippen molar-refractivity contribution in [1.29, 1.82) is 0 Å². The number of hydrogen-bond acceptors (Lipinski definition) is 3. The number of halogens is 1.